The molecule has 0 spiro atoms. The Morgan fingerprint density at radius 1 is 1.10 bits per heavy atom. The van der Waals surface area contributed by atoms with Crippen LogP contribution in [0.25, 0.3) is 11.4 Å². The van der Waals surface area contributed by atoms with Gasteiger partial charge in [-0.3, -0.25) is 0 Å². The van der Waals surface area contributed by atoms with Crippen molar-refractivity contribution in [3.05, 3.63) is 58.1 Å². The highest BCUT2D eigenvalue weighted by atomic mass is 35.5. The molecule has 0 fully saturated rings. The highest BCUT2D eigenvalue weighted by Gasteiger charge is 2.13. The van der Waals surface area contributed by atoms with Crippen LogP contribution >= 0.6 is 23.2 Å². The number of benzene rings is 2. The molecule has 0 bridgehead atoms. The SMILES string of the molecule is Nc1c(Cl)cccc1-c1nnnn1Cc1cccc(Cl)c1. The average molecular weight is 320 g/mol. The fraction of sp³-hybridized carbons (Fsp3) is 0.0714. The van der Waals surface area contributed by atoms with Gasteiger partial charge in [0.05, 0.1) is 17.3 Å². The van der Waals surface area contributed by atoms with Crippen LogP contribution in [0.5, 0.6) is 0 Å². The fourth-order valence-electron chi connectivity index (χ4n) is 2.04. The van der Waals surface area contributed by atoms with Gasteiger partial charge in [0.2, 0.25) is 0 Å². The van der Waals surface area contributed by atoms with Gasteiger partial charge >= 0.3 is 0 Å². The summed E-state index contributed by atoms with van der Waals surface area (Å²) in [6, 6.07) is 12.9. The summed E-state index contributed by atoms with van der Waals surface area (Å²) < 4.78 is 1.66. The summed E-state index contributed by atoms with van der Waals surface area (Å²) in [4.78, 5) is 0. The second-order valence-corrected chi connectivity index (χ2v) is 5.33. The third-order valence-corrected chi connectivity index (χ3v) is 3.61. The molecule has 0 aliphatic heterocycles. The van der Waals surface area contributed by atoms with E-state index >= 15 is 0 Å². The molecule has 1 heterocycles. The Labute approximate surface area is 131 Å². The molecule has 0 radical (unpaired) electrons. The van der Waals surface area contributed by atoms with E-state index in [-0.39, 0.29) is 0 Å². The van der Waals surface area contributed by atoms with Gasteiger partial charge in [0, 0.05) is 10.6 Å². The molecule has 0 unspecified atom stereocenters. The monoisotopic (exact) mass is 319 g/mol. The summed E-state index contributed by atoms with van der Waals surface area (Å²) in [7, 11) is 0. The standard InChI is InChI=1S/C14H11Cl2N5/c15-10-4-1-3-9(7-10)8-21-14(18-19-20-21)11-5-2-6-12(16)13(11)17/h1-7H,8,17H2. The van der Waals surface area contributed by atoms with Crippen LogP contribution in [0, 0.1) is 0 Å². The van der Waals surface area contributed by atoms with E-state index in [0.717, 1.165) is 5.56 Å². The number of nitrogens with two attached hydrogens (primary N) is 1. The fourth-order valence-corrected chi connectivity index (χ4v) is 2.43. The van der Waals surface area contributed by atoms with E-state index in [4.69, 9.17) is 28.9 Å². The lowest BCUT2D eigenvalue weighted by atomic mass is 10.1. The summed E-state index contributed by atoms with van der Waals surface area (Å²) >= 11 is 12.0. The summed E-state index contributed by atoms with van der Waals surface area (Å²) in [5, 5.41) is 12.9. The van der Waals surface area contributed by atoms with Gasteiger partial charge in [-0.05, 0) is 40.3 Å². The molecule has 2 aromatic carbocycles. The van der Waals surface area contributed by atoms with E-state index in [1.54, 1.807) is 10.7 Å². The minimum Gasteiger partial charge on any atom is -0.397 e. The molecular formula is C14H11Cl2N5. The quantitative estimate of drug-likeness (QED) is 0.752. The molecule has 1 aromatic heterocycles. The number of rotatable bonds is 3. The highest BCUT2D eigenvalue weighted by molar-refractivity contribution is 6.33. The molecule has 3 aromatic rings. The minimum atomic E-state index is 0.460. The number of halogens is 2. The predicted molar refractivity (Wildman–Crippen MR) is 83.2 cm³/mol. The molecule has 2 N–H and O–H groups in total. The van der Waals surface area contributed by atoms with Crippen LogP contribution in [0.3, 0.4) is 0 Å². The van der Waals surface area contributed by atoms with Crippen LogP contribution in [0.4, 0.5) is 5.69 Å². The zero-order valence-electron chi connectivity index (χ0n) is 10.9. The number of para-hydroxylation sites is 1. The minimum absolute atomic E-state index is 0.460. The third kappa shape index (κ3) is 2.84. The van der Waals surface area contributed by atoms with Gasteiger partial charge in [0.1, 0.15) is 0 Å². The summed E-state index contributed by atoms with van der Waals surface area (Å²) in [6.45, 7) is 0.495. The maximum Gasteiger partial charge on any atom is 0.184 e. The van der Waals surface area contributed by atoms with Crippen molar-refractivity contribution in [1.82, 2.24) is 20.2 Å². The van der Waals surface area contributed by atoms with E-state index in [0.29, 0.717) is 33.7 Å². The largest absolute Gasteiger partial charge is 0.397 e. The Bertz CT molecular complexity index is 785. The molecule has 5 nitrogen and oxygen atoms in total. The van der Waals surface area contributed by atoms with Crippen molar-refractivity contribution < 1.29 is 0 Å². The zero-order chi connectivity index (χ0) is 14.8. The third-order valence-electron chi connectivity index (χ3n) is 3.05. The van der Waals surface area contributed by atoms with E-state index in [9.17, 15) is 0 Å². The van der Waals surface area contributed by atoms with E-state index < -0.39 is 0 Å². The van der Waals surface area contributed by atoms with Crippen LogP contribution in [0.15, 0.2) is 42.5 Å². The van der Waals surface area contributed by atoms with Crippen molar-refractivity contribution in [2.75, 3.05) is 5.73 Å². The summed E-state index contributed by atoms with van der Waals surface area (Å²) in [6.07, 6.45) is 0. The van der Waals surface area contributed by atoms with Crippen LogP contribution < -0.4 is 5.73 Å². The van der Waals surface area contributed by atoms with Crippen molar-refractivity contribution in [2.45, 2.75) is 6.54 Å². The molecule has 106 valence electrons. The molecule has 0 atom stereocenters. The number of tetrazole rings is 1. The molecular weight excluding hydrogens is 309 g/mol. The second-order valence-electron chi connectivity index (χ2n) is 4.49. The predicted octanol–water partition coefficient (Wildman–Crippen LogP) is 3.28. The first-order valence-corrected chi connectivity index (χ1v) is 6.95. The van der Waals surface area contributed by atoms with Crippen LogP contribution in [0.2, 0.25) is 10.0 Å². The van der Waals surface area contributed by atoms with Crippen LogP contribution in [-0.2, 0) is 6.54 Å². The van der Waals surface area contributed by atoms with Gasteiger partial charge in [0.15, 0.2) is 5.82 Å². The Morgan fingerprint density at radius 3 is 2.71 bits per heavy atom. The Morgan fingerprint density at radius 2 is 1.90 bits per heavy atom. The van der Waals surface area contributed by atoms with E-state index in [1.807, 2.05) is 36.4 Å². The molecule has 0 saturated heterocycles. The topological polar surface area (TPSA) is 69.6 Å². The van der Waals surface area contributed by atoms with Gasteiger partial charge in [-0.15, -0.1) is 5.10 Å². The Kier molecular flexibility index (Phi) is 3.77. The van der Waals surface area contributed by atoms with Crippen molar-refractivity contribution in [3.8, 4) is 11.4 Å². The van der Waals surface area contributed by atoms with Crippen LogP contribution in [0.1, 0.15) is 5.56 Å². The first-order chi connectivity index (χ1) is 10.1. The molecule has 0 aliphatic carbocycles. The first-order valence-electron chi connectivity index (χ1n) is 6.20. The van der Waals surface area contributed by atoms with Crippen molar-refractivity contribution in [1.29, 1.82) is 0 Å². The maximum atomic E-state index is 6.04. The van der Waals surface area contributed by atoms with Gasteiger partial charge in [-0.25, -0.2) is 4.68 Å². The normalized spacial score (nSPS) is 10.8. The van der Waals surface area contributed by atoms with Crippen molar-refractivity contribution in [3.63, 3.8) is 0 Å². The highest BCUT2D eigenvalue weighted by Crippen LogP contribution is 2.29. The average Bonchev–Trinajstić information content (AvgIpc) is 2.90. The van der Waals surface area contributed by atoms with Crippen LogP contribution in [-0.4, -0.2) is 20.2 Å². The molecule has 21 heavy (non-hydrogen) atoms. The number of aromatic nitrogens is 4. The number of hydrogen-bond acceptors (Lipinski definition) is 4. The van der Waals surface area contributed by atoms with Gasteiger partial charge in [0.25, 0.3) is 0 Å². The lowest BCUT2D eigenvalue weighted by Gasteiger charge is -2.08. The lowest BCUT2D eigenvalue weighted by molar-refractivity contribution is 0.653. The lowest BCUT2D eigenvalue weighted by Crippen LogP contribution is -2.05. The number of anilines is 1. The smallest absolute Gasteiger partial charge is 0.184 e. The first kappa shape index (κ1) is 13.9. The Hall–Kier alpha value is -2.11. The van der Waals surface area contributed by atoms with Crippen molar-refractivity contribution in [2.24, 2.45) is 0 Å². The molecule has 0 saturated carbocycles. The zero-order valence-corrected chi connectivity index (χ0v) is 12.4. The van der Waals surface area contributed by atoms with Crippen molar-refractivity contribution >= 4 is 28.9 Å². The Balaban J connectivity index is 2.00. The second kappa shape index (κ2) is 5.71. The maximum absolute atomic E-state index is 6.04. The number of nitrogens with zero attached hydrogens (tertiary/aromatic N) is 4. The van der Waals surface area contributed by atoms with Gasteiger partial charge in [-0.1, -0.05) is 41.4 Å². The molecule has 0 aliphatic rings. The molecule has 7 heteroatoms. The molecule has 3 rings (SSSR count). The van der Waals surface area contributed by atoms with E-state index in [1.165, 1.54) is 0 Å². The van der Waals surface area contributed by atoms with Gasteiger partial charge < -0.3 is 5.73 Å². The summed E-state index contributed by atoms with van der Waals surface area (Å²) in [5.74, 6) is 0.565. The number of nitrogen functional groups attached to an aromatic ring is 1. The molecule has 0 amide bonds. The van der Waals surface area contributed by atoms with E-state index in [2.05, 4.69) is 15.5 Å². The number of hydrogen-bond donors (Lipinski definition) is 1. The summed E-state index contributed by atoms with van der Waals surface area (Å²) in [5.41, 5.74) is 8.16. The van der Waals surface area contributed by atoms with Gasteiger partial charge in [-0.2, -0.15) is 0 Å².